The maximum Gasteiger partial charge on any atom is 0.180 e. The van der Waals surface area contributed by atoms with E-state index in [0.29, 0.717) is 17.9 Å². The van der Waals surface area contributed by atoms with Crippen LogP contribution < -0.4 is 10.6 Å². The molecule has 3 rings (SSSR count). The number of aromatic nitrogens is 3. The van der Waals surface area contributed by atoms with Gasteiger partial charge in [0.25, 0.3) is 0 Å². The molecule has 0 aliphatic carbocycles. The molecule has 1 aliphatic heterocycles. The average Bonchev–Trinajstić information content (AvgIpc) is 2.82. The van der Waals surface area contributed by atoms with Gasteiger partial charge in [-0.2, -0.15) is 0 Å². The second kappa shape index (κ2) is 4.38. The van der Waals surface area contributed by atoms with Crippen LogP contribution in [0.25, 0.3) is 5.65 Å². The Kier molecular flexibility index (Phi) is 2.82. The Bertz CT molecular complexity index is 580. The third-order valence-corrected chi connectivity index (χ3v) is 4.03. The minimum atomic E-state index is 0.488. The van der Waals surface area contributed by atoms with Crippen molar-refractivity contribution in [2.24, 2.45) is 0 Å². The van der Waals surface area contributed by atoms with Crippen LogP contribution in [0.4, 0.5) is 11.6 Å². The van der Waals surface area contributed by atoms with Gasteiger partial charge < -0.3 is 15.0 Å². The molecule has 2 N–H and O–H groups in total. The number of nitrogens with zero attached hydrogens (tertiary/aromatic N) is 5. The largest absolute Gasteiger partial charge is 0.382 e. The van der Waals surface area contributed by atoms with E-state index in [9.17, 15) is 0 Å². The van der Waals surface area contributed by atoms with Crippen molar-refractivity contribution in [2.45, 2.75) is 25.9 Å². The van der Waals surface area contributed by atoms with Crippen molar-refractivity contribution < 1.29 is 0 Å². The molecule has 6 heteroatoms. The summed E-state index contributed by atoms with van der Waals surface area (Å²) in [6.45, 7) is 6.36. The highest BCUT2D eigenvalue weighted by Gasteiger charge is 2.28. The molecule has 2 aromatic heterocycles. The van der Waals surface area contributed by atoms with Gasteiger partial charge in [0.2, 0.25) is 0 Å². The van der Waals surface area contributed by atoms with Crippen molar-refractivity contribution >= 4 is 17.3 Å². The second-order valence-electron chi connectivity index (χ2n) is 5.42. The minimum absolute atomic E-state index is 0.488. The highest BCUT2D eigenvalue weighted by atomic mass is 15.3. The number of anilines is 2. The number of piperazine rings is 1. The molecule has 0 amide bonds. The minimum Gasteiger partial charge on any atom is -0.382 e. The van der Waals surface area contributed by atoms with Crippen molar-refractivity contribution in [2.75, 3.05) is 30.8 Å². The van der Waals surface area contributed by atoms with Gasteiger partial charge in [0.15, 0.2) is 11.5 Å². The van der Waals surface area contributed by atoms with Gasteiger partial charge >= 0.3 is 0 Å². The maximum absolute atomic E-state index is 5.89. The van der Waals surface area contributed by atoms with Gasteiger partial charge in [-0.3, -0.25) is 4.90 Å². The van der Waals surface area contributed by atoms with Crippen LogP contribution in [0.5, 0.6) is 0 Å². The van der Waals surface area contributed by atoms with Crippen molar-refractivity contribution in [3.63, 3.8) is 0 Å². The molecule has 2 unspecified atom stereocenters. The molecule has 0 aromatic carbocycles. The van der Waals surface area contributed by atoms with E-state index in [4.69, 9.17) is 5.73 Å². The molecule has 3 heterocycles. The summed E-state index contributed by atoms with van der Waals surface area (Å²) < 4.78 is 1.94. The molecule has 6 nitrogen and oxygen atoms in total. The number of hydrogen-bond donors (Lipinski definition) is 1. The first-order chi connectivity index (χ1) is 9.06. The third kappa shape index (κ3) is 2.02. The van der Waals surface area contributed by atoms with Crippen LogP contribution in [0.1, 0.15) is 13.8 Å². The van der Waals surface area contributed by atoms with Gasteiger partial charge in [-0.15, -0.1) is 0 Å². The SMILES string of the molecule is CC1CN(c2nc(N)cn3ccnc23)CC(C)N1C. The predicted molar refractivity (Wildman–Crippen MR) is 76.3 cm³/mol. The Morgan fingerprint density at radius 3 is 2.63 bits per heavy atom. The van der Waals surface area contributed by atoms with E-state index in [0.717, 1.165) is 24.6 Å². The Labute approximate surface area is 112 Å². The van der Waals surface area contributed by atoms with Crippen LogP contribution >= 0.6 is 0 Å². The third-order valence-electron chi connectivity index (χ3n) is 4.03. The van der Waals surface area contributed by atoms with Crippen LogP contribution in [0.15, 0.2) is 18.6 Å². The summed E-state index contributed by atoms with van der Waals surface area (Å²) in [7, 11) is 2.17. The van der Waals surface area contributed by atoms with Gasteiger partial charge in [0.05, 0.1) is 6.20 Å². The fourth-order valence-corrected chi connectivity index (χ4v) is 2.72. The van der Waals surface area contributed by atoms with Gasteiger partial charge in [0.1, 0.15) is 5.82 Å². The smallest absolute Gasteiger partial charge is 0.180 e. The number of nitrogen functional groups attached to an aromatic ring is 1. The molecule has 0 radical (unpaired) electrons. The second-order valence-corrected chi connectivity index (χ2v) is 5.42. The topological polar surface area (TPSA) is 62.7 Å². The van der Waals surface area contributed by atoms with Crippen molar-refractivity contribution in [3.8, 4) is 0 Å². The standard InChI is InChI=1S/C13H20N6/c1-9-6-19(7-10(2)17(9)3)13-12-15-4-5-18(12)8-11(14)16-13/h4-5,8-10H,6-7,14H2,1-3H3. The number of fused-ring (bicyclic) bond motifs is 1. The van der Waals surface area contributed by atoms with Crippen LogP contribution in [0.3, 0.4) is 0 Å². The molecule has 19 heavy (non-hydrogen) atoms. The quantitative estimate of drug-likeness (QED) is 0.823. The number of rotatable bonds is 1. The first-order valence-electron chi connectivity index (χ1n) is 6.62. The number of nitrogens with two attached hydrogens (primary N) is 1. The van der Waals surface area contributed by atoms with Gasteiger partial charge in [-0.25, -0.2) is 9.97 Å². The van der Waals surface area contributed by atoms with E-state index in [1.54, 1.807) is 12.4 Å². The van der Waals surface area contributed by atoms with Crippen LogP contribution in [-0.2, 0) is 0 Å². The zero-order valence-electron chi connectivity index (χ0n) is 11.6. The molecule has 0 saturated carbocycles. The lowest BCUT2D eigenvalue weighted by atomic mass is 10.1. The van der Waals surface area contributed by atoms with E-state index >= 15 is 0 Å². The highest BCUT2D eigenvalue weighted by molar-refractivity contribution is 5.66. The first kappa shape index (κ1) is 12.2. The van der Waals surface area contributed by atoms with Gasteiger partial charge in [0, 0.05) is 37.6 Å². The lowest BCUT2D eigenvalue weighted by Crippen LogP contribution is -2.55. The van der Waals surface area contributed by atoms with Gasteiger partial charge in [-0.1, -0.05) is 0 Å². The lowest BCUT2D eigenvalue weighted by molar-refractivity contribution is 0.169. The summed E-state index contributed by atoms with van der Waals surface area (Å²) in [4.78, 5) is 13.6. The molecule has 1 saturated heterocycles. The van der Waals surface area contributed by atoms with Crippen LogP contribution in [0.2, 0.25) is 0 Å². The van der Waals surface area contributed by atoms with Crippen LogP contribution in [0, 0.1) is 0 Å². The number of hydrogen-bond acceptors (Lipinski definition) is 5. The summed E-state index contributed by atoms with van der Waals surface area (Å²) in [5, 5.41) is 0. The molecule has 0 spiro atoms. The maximum atomic E-state index is 5.89. The summed E-state index contributed by atoms with van der Waals surface area (Å²) in [6, 6.07) is 0.976. The van der Waals surface area contributed by atoms with E-state index in [-0.39, 0.29) is 0 Å². The van der Waals surface area contributed by atoms with Gasteiger partial charge in [-0.05, 0) is 20.9 Å². The monoisotopic (exact) mass is 260 g/mol. The van der Waals surface area contributed by atoms with Crippen molar-refractivity contribution in [1.82, 2.24) is 19.3 Å². The van der Waals surface area contributed by atoms with Crippen molar-refractivity contribution in [3.05, 3.63) is 18.6 Å². The number of imidazole rings is 1. The predicted octanol–water partition coefficient (Wildman–Crippen LogP) is 0.840. The Morgan fingerprint density at radius 2 is 1.95 bits per heavy atom. The Balaban J connectivity index is 2.02. The molecule has 2 atom stereocenters. The van der Waals surface area contributed by atoms with Crippen molar-refractivity contribution in [1.29, 1.82) is 0 Å². The van der Waals surface area contributed by atoms with E-state index in [1.807, 2.05) is 10.6 Å². The van der Waals surface area contributed by atoms with Crippen LogP contribution in [-0.4, -0.2) is 51.5 Å². The molecule has 2 aromatic rings. The number of likely N-dealkylation sites (N-methyl/N-ethyl adjacent to an activating group) is 1. The molecule has 102 valence electrons. The first-order valence-corrected chi connectivity index (χ1v) is 6.62. The van der Waals surface area contributed by atoms with E-state index in [2.05, 4.69) is 40.7 Å². The molecular formula is C13H20N6. The fourth-order valence-electron chi connectivity index (χ4n) is 2.72. The summed E-state index contributed by atoms with van der Waals surface area (Å²) in [5.74, 6) is 1.41. The molecular weight excluding hydrogens is 240 g/mol. The lowest BCUT2D eigenvalue weighted by Gasteiger charge is -2.42. The zero-order valence-corrected chi connectivity index (χ0v) is 11.6. The molecule has 0 bridgehead atoms. The molecule has 1 fully saturated rings. The normalized spacial score (nSPS) is 25.1. The fraction of sp³-hybridized carbons (Fsp3) is 0.538. The Morgan fingerprint density at radius 1 is 1.26 bits per heavy atom. The van der Waals surface area contributed by atoms with E-state index < -0.39 is 0 Å². The summed E-state index contributed by atoms with van der Waals surface area (Å²) >= 11 is 0. The average molecular weight is 260 g/mol. The summed E-state index contributed by atoms with van der Waals surface area (Å²) in [6.07, 6.45) is 5.48. The molecule has 1 aliphatic rings. The highest BCUT2D eigenvalue weighted by Crippen LogP contribution is 2.24. The summed E-state index contributed by atoms with van der Waals surface area (Å²) in [5.41, 5.74) is 6.76. The Hall–Kier alpha value is -1.82. The zero-order chi connectivity index (χ0) is 13.6. The van der Waals surface area contributed by atoms with E-state index in [1.165, 1.54) is 0 Å².